The van der Waals surface area contributed by atoms with Crippen LogP contribution >= 0.6 is 0 Å². The lowest BCUT2D eigenvalue weighted by Gasteiger charge is -2.26. The van der Waals surface area contributed by atoms with Crippen molar-refractivity contribution in [1.82, 2.24) is 20.5 Å². The fraction of sp³-hybridized carbons (Fsp3) is 0.391. The molecule has 0 unspecified atom stereocenters. The van der Waals surface area contributed by atoms with Crippen LogP contribution in [0.1, 0.15) is 40.0 Å². The zero-order valence-corrected chi connectivity index (χ0v) is 17.6. The van der Waals surface area contributed by atoms with Gasteiger partial charge in [-0.1, -0.05) is 0 Å². The summed E-state index contributed by atoms with van der Waals surface area (Å²) in [7, 11) is 0. The van der Waals surface area contributed by atoms with Gasteiger partial charge in [-0.3, -0.25) is 19.4 Å². The number of pyridine rings is 1. The lowest BCUT2D eigenvalue weighted by molar-refractivity contribution is -0.125. The maximum atomic E-state index is 13.9. The second kappa shape index (κ2) is 9.76. The van der Waals surface area contributed by atoms with Crippen LogP contribution in [0, 0.1) is 11.7 Å². The van der Waals surface area contributed by atoms with Crippen molar-refractivity contribution in [3.05, 3.63) is 59.7 Å². The van der Waals surface area contributed by atoms with Gasteiger partial charge in [0.1, 0.15) is 11.6 Å². The van der Waals surface area contributed by atoms with E-state index in [1.54, 1.807) is 23.2 Å². The largest absolute Gasteiger partial charge is 0.493 e. The number of likely N-dealkylation sites (tertiary alicyclic amines) is 1. The van der Waals surface area contributed by atoms with E-state index in [2.05, 4.69) is 15.6 Å². The number of carbonyl (C=O) groups is 3. The third kappa shape index (κ3) is 5.04. The SMILES string of the molecule is O=C1N[C@@H]2CC[C@@H](CN(C(=O)c3cccnc3)C2)C(=O)NCCCOc2ccc(F)cc21. The van der Waals surface area contributed by atoms with Gasteiger partial charge in [0, 0.05) is 38.1 Å². The maximum Gasteiger partial charge on any atom is 0.255 e. The highest BCUT2D eigenvalue weighted by molar-refractivity contribution is 5.97. The van der Waals surface area contributed by atoms with E-state index < -0.39 is 23.7 Å². The second-order valence-corrected chi connectivity index (χ2v) is 8.03. The molecule has 0 spiro atoms. The second-order valence-electron chi connectivity index (χ2n) is 8.03. The molecule has 2 atom stereocenters. The standard InChI is InChI=1S/C23H25FN4O4/c24-17-5-7-20-19(11-17)22(30)27-18-6-4-16(21(29)26-9-2-10-32-20)13-28(14-18)23(31)15-3-1-8-25-12-15/h1,3,5,7-8,11-12,16,18H,2,4,6,9-10,13-14H2,(H,26,29)(H,27,30)/t16-,18+/m0/s1. The predicted octanol–water partition coefficient (Wildman–Crippen LogP) is 1.77. The van der Waals surface area contributed by atoms with Gasteiger partial charge >= 0.3 is 0 Å². The van der Waals surface area contributed by atoms with E-state index in [4.69, 9.17) is 4.74 Å². The normalized spacial score (nSPS) is 22.0. The molecule has 0 radical (unpaired) electrons. The Hall–Kier alpha value is -3.49. The third-order valence-corrected chi connectivity index (χ3v) is 5.71. The molecule has 0 aliphatic carbocycles. The Morgan fingerprint density at radius 2 is 2.06 bits per heavy atom. The number of amides is 3. The topological polar surface area (TPSA) is 101 Å². The number of aromatic nitrogens is 1. The molecular weight excluding hydrogens is 415 g/mol. The van der Waals surface area contributed by atoms with Gasteiger partial charge in [0.15, 0.2) is 0 Å². The first-order valence-electron chi connectivity index (χ1n) is 10.7. The van der Waals surface area contributed by atoms with Gasteiger partial charge in [0.05, 0.1) is 23.7 Å². The van der Waals surface area contributed by atoms with Crippen LogP contribution in [-0.2, 0) is 4.79 Å². The van der Waals surface area contributed by atoms with Crippen molar-refractivity contribution in [3.8, 4) is 5.75 Å². The first kappa shape index (κ1) is 21.7. The van der Waals surface area contributed by atoms with Gasteiger partial charge in [-0.25, -0.2) is 4.39 Å². The first-order chi connectivity index (χ1) is 15.5. The number of ether oxygens (including phenoxy) is 1. The summed E-state index contributed by atoms with van der Waals surface area (Å²) in [6, 6.07) is 6.76. The van der Waals surface area contributed by atoms with Gasteiger partial charge < -0.3 is 20.3 Å². The summed E-state index contributed by atoms with van der Waals surface area (Å²) in [5.41, 5.74) is 0.523. The Balaban J connectivity index is 1.63. The molecule has 8 nitrogen and oxygen atoms in total. The molecule has 3 heterocycles. The zero-order chi connectivity index (χ0) is 22.5. The Bertz CT molecular complexity index is 1000. The number of hydrogen-bond donors (Lipinski definition) is 2. The molecule has 2 aromatic rings. The Morgan fingerprint density at radius 1 is 1.19 bits per heavy atom. The number of carbonyl (C=O) groups excluding carboxylic acids is 3. The van der Waals surface area contributed by atoms with Crippen molar-refractivity contribution in [1.29, 1.82) is 0 Å². The van der Waals surface area contributed by atoms with Gasteiger partial charge in [-0.2, -0.15) is 0 Å². The smallest absolute Gasteiger partial charge is 0.255 e. The van der Waals surface area contributed by atoms with E-state index in [0.717, 1.165) is 6.07 Å². The fourth-order valence-electron chi connectivity index (χ4n) is 4.04. The fourth-order valence-corrected chi connectivity index (χ4v) is 4.04. The molecule has 1 aromatic carbocycles. The number of nitrogens with one attached hydrogen (secondary N) is 2. The predicted molar refractivity (Wildman–Crippen MR) is 114 cm³/mol. The van der Waals surface area contributed by atoms with Crippen LogP contribution < -0.4 is 15.4 Å². The van der Waals surface area contributed by atoms with Crippen LogP contribution in [0.15, 0.2) is 42.7 Å². The molecule has 4 rings (SSSR count). The molecule has 168 valence electrons. The lowest BCUT2D eigenvalue weighted by Crippen LogP contribution is -2.46. The summed E-state index contributed by atoms with van der Waals surface area (Å²) < 4.78 is 19.5. The van der Waals surface area contributed by atoms with E-state index in [-0.39, 0.29) is 42.8 Å². The van der Waals surface area contributed by atoms with E-state index in [9.17, 15) is 18.8 Å². The van der Waals surface area contributed by atoms with E-state index in [1.807, 2.05) is 0 Å². The van der Waals surface area contributed by atoms with Crippen LogP contribution in [0.25, 0.3) is 0 Å². The summed E-state index contributed by atoms with van der Waals surface area (Å²) in [6.45, 7) is 1.15. The minimum absolute atomic E-state index is 0.108. The molecule has 0 saturated carbocycles. The monoisotopic (exact) mass is 440 g/mol. The summed E-state index contributed by atoms with van der Waals surface area (Å²) in [5.74, 6) is -1.51. The summed E-state index contributed by atoms with van der Waals surface area (Å²) in [6.07, 6.45) is 4.61. The van der Waals surface area contributed by atoms with E-state index >= 15 is 0 Å². The van der Waals surface area contributed by atoms with Crippen molar-refractivity contribution in [2.45, 2.75) is 25.3 Å². The molecule has 3 amide bonds. The zero-order valence-electron chi connectivity index (χ0n) is 17.6. The van der Waals surface area contributed by atoms with Crippen LogP contribution in [0.5, 0.6) is 5.75 Å². The van der Waals surface area contributed by atoms with Crippen LogP contribution in [-0.4, -0.2) is 59.9 Å². The molecule has 2 bridgehead atoms. The average molecular weight is 440 g/mol. The van der Waals surface area contributed by atoms with Crippen molar-refractivity contribution < 1.29 is 23.5 Å². The molecule has 1 fully saturated rings. The summed E-state index contributed by atoms with van der Waals surface area (Å²) >= 11 is 0. The van der Waals surface area contributed by atoms with Gasteiger partial charge in [0.25, 0.3) is 11.8 Å². The van der Waals surface area contributed by atoms with E-state index in [0.29, 0.717) is 31.4 Å². The highest BCUT2D eigenvalue weighted by atomic mass is 19.1. The highest BCUT2D eigenvalue weighted by Gasteiger charge is 2.32. The first-order valence-corrected chi connectivity index (χ1v) is 10.7. The van der Waals surface area contributed by atoms with Crippen molar-refractivity contribution in [2.75, 3.05) is 26.2 Å². The highest BCUT2D eigenvalue weighted by Crippen LogP contribution is 2.23. The number of hydrogen-bond acceptors (Lipinski definition) is 5. The van der Waals surface area contributed by atoms with Crippen molar-refractivity contribution in [2.24, 2.45) is 5.92 Å². The minimum atomic E-state index is -0.537. The van der Waals surface area contributed by atoms with Gasteiger partial charge in [-0.15, -0.1) is 0 Å². The van der Waals surface area contributed by atoms with Gasteiger partial charge in [-0.05, 0) is 49.6 Å². The Morgan fingerprint density at radius 3 is 2.88 bits per heavy atom. The molecule has 2 N–H and O–H groups in total. The van der Waals surface area contributed by atoms with Crippen LogP contribution in [0.2, 0.25) is 0 Å². The number of benzene rings is 1. The van der Waals surface area contributed by atoms with Crippen LogP contribution in [0.4, 0.5) is 4.39 Å². The number of rotatable bonds is 1. The number of halogens is 1. The number of fused-ring (bicyclic) bond motifs is 4. The molecule has 1 aromatic heterocycles. The average Bonchev–Trinajstić information content (AvgIpc) is 3.02. The summed E-state index contributed by atoms with van der Waals surface area (Å²) in [5, 5.41) is 5.82. The molecule has 32 heavy (non-hydrogen) atoms. The van der Waals surface area contributed by atoms with Crippen molar-refractivity contribution in [3.63, 3.8) is 0 Å². The van der Waals surface area contributed by atoms with Gasteiger partial charge in [0.2, 0.25) is 5.91 Å². The number of nitrogens with zero attached hydrogens (tertiary/aromatic N) is 2. The van der Waals surface area contributed by atoms with Crippen molar-refractivity contribution >= 4 is 17.7 Å². The maximum absolute atomic E-state index is 13.9. The molecule has 9 heteroatoms. The minimum Gasteiger partial charge on any atom is -0.493 e. The van der Waals surface area contributed by atoms with E-state index in [1.165, 1.54) is 18.3 Å². The quantitative estimate of drug-likeness (QED) is 0.704. The molecule has 2 aliphatic rings. The molecule has 1 saturated heterocycles. The Labute approximate surface area is 185 Å². The Kier molecular flexibility index (Phi) is 6.63. The third-order valence-electron chi connectivity index (χ3n) is 5.71. The lowest BCUT2D eigenvalue weighted by atomic mass is 10.0. The van der Waals surface area contributed by atoms with Crippen LogP contribution in [0.3, 0.4) is 0 Å². The molecular formula is C23H25FN4O4. The summed E-state index contributed by atoms with van der Waals surface area (Å²) in [4.78, 5) is 44.5. The molecule has 2 aliphatic heterocycles.